The molecule has 1 N–H and O–H groups in total. The van der Waals surface area contributed by atoms with Crippen molar-refractivity contribution in [3.8, 4) is 0 Å². The maximum absolute atomic E-state index is 10.9. The monoisotopic (exact) mass is 248 g/mol. The van der Waals surface area contributed by atoms with E-state index in [4.69, 9.17) is 5.11 Å². The minimum absolute atomic E-state index is 0.100. The second-order valence-corrected chi connectivity index (χ2v) is 5.26. The van der Waals surface area contributed by atoms with Gasteiger partial charge in [0.15, 0.2) is 0 Å². The van der Waals surface area contributed by atoms with Crippen LogP contribution in [0.1, 0.15) is 57.1 Å². The van der Waals surface area contributed by atoms with E-state index in [1.165, 1.54) is 5.56 Å². The molecule has 2 nitrogen and oxygen atoms in total. The minimum atomic E-state index is 0.100. The van der Waals surface area contributed by atoms with Gasteiger partial charge in [0.05, 0.1) is 6.61 Å². The Labute approximate surface area is 110 Å². The molecule has 2 heteroatoms. The van der Waals surface area contributed by atoms with Gasteiger partial charge >= 0.3 is 0 Å². The first-order chi connectivity index (χ1) is 8.54. The molecular weight excluding hydrogens is 224 g/mol. The minimum Gasteiger partial charge on any atom is -0.392 e. The average molecular weight is 248 g/mol. The van der Waals surface area contributed by atoms with E-state index < -0.39 is 0 Å². The summed E-state index contributed by atoms with van der Waals surface area (Å²) in [4.78, 5) is 10.9. The molecule has 18 heavy (non-hydrogen) atoms. The largest absolute Gasteiger partial charge is 0.392 e. The standard InChI is InChI=1S/C16H24O2/c1-12(5-4-6-13(2)18)14(3)16-9-7-15(11-17)8-10-16/h7-10,12,14,17H,4-6,11H2,1-3H3. The number of benzene rings is 1. The summed E-state index contributed by atoms with van der Waals surface area (Å²) in [5.74, 6) is 1.34. The first-order valence-electron chi connectivity index (χ1n) is 6.73. The lowest BCUT2D eigenvalue weighted by Crippen LogP contribution is -2.07. The number of ketones is 1. The van der Waals surface area contributed by atoms with Gasteiger partial charge in [0.25, 0.3) is 0 Å². The lowest BCUT2D eigenvalue weighted by atomic mass is 9.85. The lowest BCUT2D eigenvalue weighted by molar-refractivity contribution is -0.117. The topological polar surface area (TPSA) is 37.3 Å². The molecule has 0 heterocycles. The number of aliphatic hydroxyl groups is 1. The zero-order valence-electron chi connectivity index (χ0n) is 11.6. The molecule has 0 aromatic heterocycles. The van der Waals surface area contributed by atoms with E-state index in [0.29, 0.717) is 18.3 Å². The first-order valence-corrected chi connectivity index (χ1v) is 6.73. The Kier molecular flexibility index (Phi) is 6.06. The van der Waals surface area contributed by atoms with Gasteiger partial charge in [-0.25, -0.2) is 0 Å². The van der Waals surface area contributed by atoms with E-state index in [2.05, 4.69) is 26.0 Å². The maximum atomic E-state index is 10.9. The summed E-state index contributed by atoms with van der Waals surface area (Å²) in [5.41, 5.74) is 2.26. The number of Topliss-reactive ketones (excluding diaryl/α,β-unsaturated/α-hetero) is 1. The number of hydrogen-bond donors (Lipinski definition) is 1. The van der Waals surface area contributed by atoms with Crippen LogP contribution in [0.5, 0.6) is 0 Å². The summed E-state index contributed by atoms with van der Waals surface area (Å²) in [6.07, 6.45) is 2.76. The van der Waals surface area contributed by atoms with Gasteiger partial charge in [-0.2, -0.15) is 0 Å². The van der Waals surface area contributed by atoms with Crippen molar-refractivity contribution in [3.05, 3.63) is 35.4 Å². The Morgan fingerprint density at radius 2 is 1.83 bits per heavy atom. The van der Waals surface area contributed by atoms with Crippen LogP contribution in [0, 0.1) is 5.92 Å². The molecule has 0 saturated carbocycles. The molecule has 0 fully saturated rings. The van der Waals surface area contributed by atoms with Crippen LogP contribution >= 0.6 is 0 Å². The number of hydrogen-bond acceptors (Lipinski definition) is 2. The molecule has 0 saturated heterocycles. The summed E-state index contributed by atoms with van der Waals surface area (Å²) in [7, 11) is 0. The molecule has 0 spiro atoms. The summed E-state index contributed by atoms with van der Waals surface area (Å²) in [6.45, 7) is 6.22. The molecule has 2 atom stereocenters. The van der Waals surface area contributed by atoms with E-state index in [1.807, 2.05) is 12.1 Å². The number of aliphatic hydroxyl groups excluding tert-OH is 1. The third-order valence-electron chi connectivity index (χ3n) is 3.73. The fourth-order valence-electron chi connectivity index (χ4n) is 2.18. The Hall–Kier alpha value is -1.15. The Morgan fingerprint density at radius 1 is 1.22 bits per heavy atom. The van der Waals surface area contributed by atoms with E-state index in [-0.39, 0.29) is 12.4 Å². The van der Waals surface area contributed by atoms with Crippen LogP contribution in [0.4, 0.5) is 0 Å². The summed E-state index contributed by atoms with van der Waals surface area (Å²) >= 11 is 0. The molecule has 0 aliphatic carbocycles. The lowest BCUT2D eigenvalue weighted by Gasteiger charge is -2.20. The van der Waals surface area contributed by atoms with Crippen LogP contribution < -0.4 is 0 Å². The highest BCUT2D eigenvalue weighted by atomic mass is 16.3. The van der Waals surface area contributed by atoms with E-state index in [9.17, 15) is 4.79 Å². The third-order valence-corrected chi connectivity index (χ3v) is 3.73. The van der Waals surface area contributed by atoms with Gasteiger partial charge < -0.3 is 9.90 Å². The van der Waals surface area contributed by atoms with E-state index in [1.54, 1.807) is 6.92 Å². The zero-order chi connectivity index (χ0) is 13.5. The predicted molar refractivity (Wildman–Crippen MR) is 74.5 cm³/mol. The van der Waals surface area contributed by atoms with Gasteiger partial charge in [-0.1, -0.05) is 38.1 Å². The number of carbonyl (C=O) groups is 1. The van der Waals surface area contributed by atoms with Crippen LogP contribution in [0.25, 0.3) is 0 Å². The molecule has 100 valence electrons. The normalized spacial score (nSPS) is 14.2. The quantitative estimate of drug-likeness (QED) is 0.799. The van der Waals surface area contributed by atoms with Crippen molar-refractivity contribution >= 4 is 5.78 Å². The highest BCUT2D eigenvalue weighted by molar-refractivity contribution is 5.75. The van der Waals surface area contributed by atoms with Crippen molar-refractivity contribution in [2.24, 2.45) is 5.92 Å². The van der Waals surface area contributed by atoms with Crippen molar-refractivity contribution in [1.82, 2.24) is 0 Å². The van der Waals surface area contributed by atoms with Crippen LogP contribution in [0.3, 0.4) is 0 Å². The second kappa shape index (κ2) is 7.32. The predicted octanol–water partition coefficient (Wildman–Crippen LogP) is 3.68. The van der Waals surface area contributed by atoms with Gasteiger partial charge in [0.2, 0.25) is 0 Å². The molecule has 0 aliphatic heterocycles. The summed E-state index contributed by atoms with van der Waals surface area (Å²) < 4.78 is 0. The molecule has 1 aromatic rings. The average Bonchev–Trinajstić information content (AvgIpc) is 2.37. The van der Waals surface area contributed by atoms with E-state index >= 15 is 0 Å². The molecule has 0 bridgehead atoms. The van der Waals surface area contributed by atoms with Gasteiger partial charge in [-0.3, -0.25) is 0 Å². The van der Waals surface area contributed by atoms with Gasteiger partial charge in [0.1, 0.15) is 5.78 Å². The van der Waals surface area contributed by atoms with Crippen molar-refractivity contribution in [3.63, 3.8) is 0 Å². The van der Waals surface area contributed by atoms with Crippen LogP contribution in [-0.2, 0) is 11.4 Å². The van der Waals surface area contributed by atoms with Gasteiger partial charge in [-0.05, 0) is 42.7 Å². The highest BCUT2D eigenvalue weighted by Crippen LogP contribution is 2.28. The number of carbonyl (C=O) groups excluding carboxylic acids is 1. The van der Waals surface area contributed by atoms with Crippen molar-refractivity contribution in [2.75, 3.05) is 0 Å². The van der Waals surface area contributed by atoms with Crippen LogP contribution in [-0.4, -0.2) is 10.9 Å². The fraction of sp³-hybridized carbons (Fsp3) is 0.562. The summed E-state index contributed by atoms with van der Waals surface area (Å²) in [5, 5.41) is 9.01. The Morgan fingerprint density at radius 3 is 2.33 bits per heavy atom. The first kappa shape index (κ1) is 14.9. The third kappa shape index (κ3) is 4.61. The molecular formula is C16H24O2. The number of rotatable bonds is 7. The fourth-order valence-corrected chi connectivity index (χ4v) is 2.18. The molecule has 0 radical (unpaired) electrons. The molecule has 2 unspecified atom stereocenters. The zero-order valence-corrected chi connectivity index (χ0v) is 11.6. The van der Waals surface area contributed by atoms with Crippen LogP contribution in [0.15, 0.2) is 24.3 Å². The molecule has 0 aliphatic rings. The van der Waals surface area contributed by atoms with Crippen molar-refractivity contribution < 1.29 is 9.90 Å². The SMILES string of the molecule is CC(=O)CCCC(C)C(C)c1ccc(CO)cc1. The molecule has 1 rings (SSSR count). The van der Waals surface area contributed by atoms with Crippen molar-refractivity contribution in [1.29, 1.82) is 0 Å². The maximum Gasteiger partial charge on any atom is 0.129 e. The molecule has 0 amide bonds. The van der Waals surface area contributed by atoms with Crippen LogP contribution in [0.2, 0.25) is 0 Å². The smallest absolute Gasteiger partial charge is 0.129 e. The van der Waals surface area contributed by atoms with Gasteiger partial charge in [-0.15, -0.1) is 0 Å². The summed E-state index contributed by atoms with van der Waals surface area (Å²) in [6, 6.07) is 8.15. The second-order valence-electron chi connectivity index (χ2n) is 5.26. The van der Waals surface area contributed by atoms with E-state index in [0.717, 1.165) is 18.4 Å². The molecule has 1 aromatic carbocycles. The van der Waals surface area contributed by atoms with Crippen molar-refractivity contribution in [2.45, 2.75) is 52.6 Å². The Balaban J connectivity index is 2.51. The Bertz CT molecular complexity index is 367. The highest BCUT2D eigenvalue weighted by Gasteiger charge is 2.14. The van der Waals surface area contributed by atoms with Gasteiger partial charge in [0, 0.05) is 6.42 Å².